The number of unbranched alkanes of at least 4 members (excludes halogenated alkanes) is 1. The third-order valence-electron chi connectivity index (χ3n) is 3.83. The Morgan fingerprint density at radius 2 is 2.00 bits per heavy atom. The number of piperidine rings is 1. The fourth-order valence-electron chi connectivity index (χ4n) is 2.71. The summed E-state index contributed by atoms with van der Waals surface area (Å²) in [7, 11) is 0. The molecule has 0 aromatic rings. The van der Waals surface area contributed by atoms with Gasteiger partial charge in [-0.05, 0) is 73.3 Å². The van der Waals surface area contributed by atoms with Crippen LogP contribution >= 0.6 is 0 Å². The van der Waals surface area contributed by atoms with Gasteiger partial charge < -0.3 is 19.7 Å². The van der Waals surface area contributed by atoms with Crippen LogP contribution in [0.3, 0.4) is 0 Å². The summed E-state index contributed by atoms with van der Waals surface area (Å²) in [6, 6.07) is 0.255. The summed E-state index contributed by atoms with van der Waals surface area (Å²) >= 11 is 0. The monoisotopic (exact) mass is 328 g/mol. The summed E-state index contributed by atoms with van der Waals surface area (Å²) < 4.78 is 11.1. The number of nitrogens with zero attached hydrogens (tertiary/aromatic N) is 1. The number of amides is 1. The van der Waals surface area contributed by atoms with Crippen molar-refractivity contribution in [1.82, 2.24) is 10.2 Å². The van der Waals surface area contributed by atoms with Crippen LogP contribution in [0.25, 0.3) is 0 Å². The highest BCUT2D eigenvalue weighted by molar-refractivity contribution is 5.68. The molecule has 1 atom stereocenters. The van der Waals surface area contributed by atoms with E-state index in [0.717, 1.165) is 51.9 Å². The maximum atomic E-state index is 12.3. The standard InChI is InChI=1S/C18H36N2O3/c1-15(2)22-13-9-7-11-19-14-16-10-6-8-12-20(16)17(21)23-18(3,4)5/h15-16,19H,6-14H2,1-5H3. The predicted molar refractivity (Wildman–Crippen MR) is 93.8 cm³/mol. The summed E-state index contributed by atoms with van der Waals surface area (Å²) in [5.41, 5.74) is -0.428. The Hall–Kier alpha value is -0.810. The molecule has 0 aromatic heterocycles. The highest BCUT2D eigenvalue weighted by atomic mass is 16.6. The van der Waals surface area contributed by atoms with Gasteiger partial charge in [-0.3, -0.25) is 0 Å². The van der Waals surface area contributed by atoms with E-state index in [4.69, 9.17) is 9.47 Å². The van der Waals surface area contributed by atoms with E-state index in [-0.39, 0.29) is 12.1 Å². The zero-order valence-corrected chi connectivity index (χ0v) is 15.7. The lowest BCUT2D eigenvalue weighted by molar-refractivity contribution is 0.00996. The van der Waals surface area contributed by atoms with Crippen molar-refractivity contribution < 1.29 is 14.3 Å². The first-order valence-electron chi connectivity index (χ1n) is 9.11. The van der Waals surface area contributed by atoms with Gasteiger partial charge in [0.05, 0.1) is 6.10 Å². The predicted octanol–water partition coefficient (Wildman–Crippen LogP) is 3.57. The Morgan fingerprint density at radius 1 is 1.26 bits per heavy atom. The molecule has 0 saturated carbocycles. The Kier molecular flexibility index (Phi) is 8.92. The van der Waals surface area contributed by atoms with Crippen molar-refractivity contribution in [2.75, 3.05) is 26.2 Å². The molecule has 1 heterocycles. The first kappa shape index (κ1) is 20.2. The topological polar surface area (TPSA) is 50.8 Å². The van der Waals surface area contributed by atoms with Gasteiger partial charge in [0.1, 0.15) is 5.60 Å². The van der Waals surface area contributed by atoms with Gasteiger partial charge in [-0.25, -0.2) is 4.79 Å². The van der Waals surface area contributed by atoms with E-state index < -0.39 is 5.60 Å². The van der Waals surface area contributed by atoms with Crippen LogP contribution in [0.15, 0.2) is 0 Å². The first-order valence-corrected chi connectivity index (χ1v) is 9.11. The molecule has 0 aromatic carbocycles. The molecule has 1 rings (SSSR count). The molecule has 1 N–H and O–H groups in total. The molecule has 0 bridgehead atoms. The minimum absolute atomic E-state index is 0.172. The lowest BCUT2D eigenvalue weighted by Crippen LogP contribution is -2.50. The molecule has 136 valence electrons. The number of ether oxygens (including phenoxy) is 2. The van der Waals surface area contributed by atoms with E-state index in [0.29, 0.717) is 6.10 Å². The van der Waals surface area contributed by atoms with E-state index in [9.17, 15) is 4.79 Å². The summed E-state index contributed by atoms with van der Waals surface area (Å²) in [5.74, 6) is 0. The average Bonchev–Trinajstić information content (AvgIpc) is 2.44. The number of nitrogens with one attached hydrogen (secondary N) is 1. The number of hydrogen-bond acceptors (Lipinski definition) is 4. The smallest absolute Gasteiger partial charge is 0.410 e. The first-order chi connectivity index (χ1) is 10.8. The summed E-state index contributed by atoms with van der Waals surface area (Å²) in [5, 5.41) is 3.49. The number of likely N-dealkylation sites (tertiary alicyclic amines) is 1. The fraction of sp³-hybridized carbons (Fsp3) is 0.944. The molecule has 1 fully saturated rings. The van der Waals surface area contributed by atoms with Crippen LogP contribution in [0, 0.1) is 0 Å². The summed E-state index contributed by atoms with van der Waals surface area (Å²) in [6.45, 7) is 13.3. The van der Waals surface area contributed by atoms with E-state index >= 15 is 0 Å². The second-order valence-electron chi connectivity index (χ2n) is 7.65. The molecule has 0 aliphatic carbocycles. The Balaban J connectivity index is 2.25. The zero-order valence-electron chi connectivity index (χ0n) is 15.7. The third-order valence-corrected chi connectivity index (χ3v) is 3.83. The summed E-state index contributed by atoms with van der Waals surface area (Å²) in [6.07, 6.45) is 5.64. The van der Waals surface area contributed by atoms with Crippen molar-refractivity contribution in [2.45, 2.75) is 84.5 Å². The van der Waals surface area contributed by atoms with Crippen molar-refractivity contribution in [1.29, 1.82) is 0 Å². The Labute approximate surface area is 142 Å². The van der Waals surface area contributed by atoms with Gasteiger partial charge in [-0.2, -0.15) is 0 Å². The van der Waals surface area contributed by atoms with Gasteiger partial charge in [0.15, 0.2) is 0 Å². The molecule has 5 heteroatoms. The molecule has 1 unspecified atom stereocenters. The minimum atomic E-state index is -0.428. The number of carbonyl (C=O) groups excluding carboxylic acids is 1. The van der Waals surface area contributed by atoms with E-state index in [2.05, 4.69) is 19.2 Å². The highest BCUT2D eigenvalue weighted by Gasteiger charge is 2.29. The molecular weight excluding hydrogens is 292 g/mol. The van der Waals surface area contributed by atoms with Crippen molar-refractivity contribution in [3.05, 3.63) is 0 Å². The molecule has 0 radical (unpaired) electrons. The zero-order chi connectivity index (χ0) is 17.3. The Morgan fingerprint density at radius 3 is 2.65 bits per heavy atom. The number of rotatable bonds is 8. The summed E-state index contributed by atoms with van der Waals surface area (Å²) in [4.78, 5) is 14.2. The van der Waals surface area contributed by atoms with Crippen LogP contribution in [0.2, 0.25) is 0 Å². The van der Waals surface area contributed by atoms with Crippen molar-refractivity contribution in [3.8, 4) is 0 Å². The van der Waals surface area contributed by atoms with Crippen molar-refractivity contribution in [3.63, 3.8) is 0 Å². The van der Waals surface area contributed by atoms with Crippen molar-refractivity contribution >= 4 is 6.09 Å². The van der Waals surface area contributed by atoms with Gasteiger partial charge >= 0.3 is 6.09 Å². The lowest BCUT2D eigenvalue weighted by atomic mass is 10.0. The number of carbonyl (C=O) groups is 1. The van der Waals surface area contributed by atoms with Gasteiger partial charge in [0.25, 0.3) is 0 Å². The fourth-order valence-corrected chi connectivity index (χ4v) is 2.71. The number of hydrogen-bond donors (Lipinski definition) is 1. The molecule has 23 heavy (non-hydrogen) atoms. The molecule has 1 saturated heterocycles. The largest absolute Gasteiger partial charge is 0.444 e. The van der Waals surface area contributed by atoms with Crippen LogP contribution in [0.1, 0.15) is 66.7 Å². The molecule has 1 amide bonds. The second kappa shape index (κ2) is 10.1. The minimum Gasteiger partial charge on any atom is -0.444 e. The van der Waals surface area contributed by atoms with Gasteiger partial charge in [0, 0.05) is 25.7 Å². The molecule has 1 aliphatic rings. The lowest BCUT2D eigenvalue weighted by Gasteiger charge is -2.37. The maximum absolute atomic E-state index is 12.3. The Bertz CT molecular complexity index is 340. The molecule has 1 aliphatic heterocycles. The highest BCUT2D eigenvalue weighted by Crippen LogP contribution is 2.20. The van der Waals surface area contributed by atoms with E-state index in [1.807, 2.05) is 25.7 Å². The van der Waals surface area contributed by atoms with Crippen molar-refractivity contribution in [2.24, 2.45) is 0 Å². The van der Waals surface area contributed by atoms with Crippen LogP contribution < -0.4 is 5.32 Å². The normalized spacial score (nSPS) is 19.2. The third kappa shape index (κ3) is 9.16. The quantitative estimate of drug-likeness (QED) is 0.692. The average molecular weight is 328 g/mol. The van der Waals surface area contributed by atoms with Crippen LogP contribution in [0.4, 0.5) is 4.79 Å². The van der Waals surface area contributed by atoms with Gasteiger partial charge in [-0.1, -0.05) is 0 Å². The molecule has 0 spiro atoms. The SMILES string of the molecule is CC(C)OCCCCNCC1CCCCN1C(=O)OC(C)(C)C. The second-order valence-corrected chi connectivity index (χ2v) is 7.65. The van der Waals surface area contributed by atoms with Gasteiger partial charge in [-0.15, -0.1) is 0 Å². The maximum Gasteiger partial charge on any atom is 0.410 e. The van der Waals surface area contributed by atoms with Crippen LogP contribution in [0.5, 0.6) is 0 Å². The van der Waals surface area contributed by atoms with E-state index in [1.54, 1.807) is 0 Å². The molecule has 5 nitrogen and oxygen atoms in total. The van der Waals surface area contributed by atoms with Crippen LogP contribution in [-0.2, 0) is 9.47 Å². The van der Waals surface area contributed by atoms with E-state index in [1.165, 1.54) is 6.42 Å². The van der Waals surface area contributed by atoms with Crippen LogP contribution in [-0.4, -0.2) is 55.0 Å². The van der Waals surface area contributed by atoms with Gasteiger partial charge in [0.2, 0.25) is 0 Å². The molecular formula is C18H36N2O3.